The van der Waals surface area contributed by atoms with E-state index in [0.29, 0.717) is 11.4 Å². The fourth-order valence-electron chi connectivity index (χ4n) is 2.28. The Kier molecular flexibility index (Phi) is 5.57. The van der Waals surface area contributed by atoms with Gasteiger partial charge in [0.1, 0.15) is 5.75 Å². The van der Waals surface area contributed by atoms with Gasteiger partial charge in [0, 0.05) is 5.69 Å². The topological polar surface area (TPSA) is 131 Å². The summed E-state index contributed by atoms with van der Waals surface area (Å²) in [6, 6.07) is 13.3. The Morgan fingerprint density at radius 2 is 1.71 bits per heavy atom. The van der Waals surface area contributed by atoms with E-state index in [0.717, 1.165) is 6.20 Å². The van der Waals surface area contributed by atoms with Crippen molar-refractivity contribution < 1.29 is 17.5 Å². The third-order valence-electron chi connectivity index (χ3n) is 3.52. The third-order valence-corrected chi connectivity index (χ3v) is 4.03. The summed E-state index contributed by atoms with van der Waals surface area (Å²) in [4.78, 5) is 8.00. The first-order valence-electron chi connectivity index (χ1n) is 7.94. The maximum absolute atomic E-state index is 14.2. The molecule has 0 saturated heterocycles. The molecule has 0 radical (unpaired) electrons. The average Bonchev–Trinajstić information content (AvgIpc) is 2.65. The Hall–Kier alpha value is -3.44. The number of rotatable bonds is 7. The van der Waals surface area contributed by atoms with Crippen molar-refractivity contribution in [3.63, 3.8) is 0 Å². The molecule has 11 heteroatoms. The smallest absolute Gasteiger partial charge is 0.296 e. The number of nitrogens with one attached hydrogen (secondary N) is 3. The number of aromatic nitrogens is 2. The van der Waals surface area contributed by atoms with E-state index in [1.165, 1.54) is 6.07 Å². The van der Waals surface area contributed by atoms with E-state index in [4.69, 9.17) is 9.88 Å². The zero-order valence-electron chi connectivity index (χ0n) is 14.7. The lowest BCUT2D eigenvalue weighted by molar-refractivity contribution is 0.415. The zero-order valence-corrected chi connectivity index (χ0v) is 15.5. The Bertz CT molecular complexity index is 1080. The number of ether oxygens (including phenoxy) is 1. The second-order valence-electron chi connectivity index (χ2n) is 5.56. The molecular weight excluding hydrogens is 387 g/mol. The van der Waals surface area contributed by atoms with Crippen molar-refractivity contribution in [1.29, 1.82) is 0 Å². The molecule has 0 fully saturated rings. The lowest BCUT2D eigenvalue weighted by Gasteiger charge is -2.13. The number of halogens is 1. The summed E-state index contributed by atoms with van der Waals surface area (Å²) in [5, 5.41) is 10.7. The summed E-state index contributed by atoms with van der Waals surface area (Å²) in [6.07, 6.45) is 0.997. The van der Waals surface area contributed by atoms with Crippen LogP contribution in [0.1, 0.15) is 0 Å². The molecule has 2 aromatic carbocycles. The molecule has 9 nitrogen and oxygen atoms in total. The zero-order chi connectivity index (χ0) is 20.1. The monoisotopic (exact) mass is 404 g/mol. The predicted octanol–water partition coefficient (Wildman–Crippen LogP) is 2.73. The minimum atomic E-state index is -4.00. The molecule has 0 aliphatic carbocycles. The highest BCUT2D eigenvalue weighted by Crippen LogP contribution is 2.27. The van der Waals surface area contributed by atoms with E-state index in [9.17, 15) is 12.8 Å². The second-order valence-corrected chi connectivity index (χ2v) is 6.86. The van der Waals surface area contributed by atoms with Crippen molar-refractivity contribution in [2.45, 2.75) is 0 Å². The molecule has 28 heavy (non-hydrogen) atoms. The van der Waals surface area contributed by atoms with E-state index >= 15 is 0 Å². The van der Waals surface area contributed by atoms with Crippen LogP contribution in [0, 0.1) is 5.82 Å². The van der Waals surface area contributed by atoms with Gasteiger partial charge in [0.15, 0.2) is 11.6 Å². The van der Waals surface area contributed by atoms with Crippen LogP contribution >= 0.6 is 0 Å². The molecule has 0 aliphatic heterocycles. The summed E-state index contributed by atoms with van der Waals surface area (Å²) in [7, 11) is -2.43. The van der Waals surface area contributed by atoms with Gasteiger partial charge in [-0.05, 0) is 36.4 Å². The Morgan fingerprint density at radius 3 is 2.36 bits per heavy atom. The van der Waals surface area contributed by atoms with Gasteiger partial charge in [-0.15, -0.1) is 0 Å². The van der Waals surface area contributed by atoms with Crippen LogP contribution in [0.25, 0.3) is 0 Å². The molecule has 0 amide bonds. The van der Waals surface area contributed by atoms with Gasteiger partial charge in [0.2, 0.25) is 5.95 Å². The van der Waals surface area contributed by atoms with Gasteiger partial charge in [0.05, 0.1) is 24.7 Å². The highest BCUT2D eigenvalue weighted by molar-refractivity contribution is 7.90. The first-order valence-corrected chi connectivity index (χ1v) is 9.49. The van der Waals surface area contributed by atoms with Crippen molar-refractivity contribution >= 4 is 39.0 Å². The molecule has 0 saturated carbocycles. The molecular formula is C17H17FN6O3S. The van der Waals surface area contributed by atoms with Gasteiger partial charge < -0.3 is 15.4 Å². The molecule has 3 rings (SSSR count). The quantitative estimate of drug-likeness (QED) is 0.476. The van der Waals surface area contributed by atoms with E-state index in [1.54, 1.807) is 49.6 Å². The van der Waals surface area contributed by atoms with Crippen molar-refractivity contribution in [2.75, 3.05) is 22.5 Å². The number of methoxy groups -OCH3 is 1. The van der Waals surface area contributed by atoms with Crippen LogP contribution in [0.5, 0.6) is 5.75 Å². The van der Waals surface area contributed by atoms with Crippen molar-refractivity contribution in [3.8, 4) is 5.75 Å². The minimum Gasteiger partial charge on any atom is -0.497 e. The molecule has 1 aromatic heterocycles. The van der Waals surface area contributed by atoms with Crippen molar-refractivity contribution in [1.82, 2.24) is 9.97 Å². The molecule has 0 unspecified atom stereocenters. The lowest BCUT2D eigenvalue weighted by atomic mass is 10.2. The molecule has 3 aromatic rings. The van der Waals surface area contributed by atoms with Gasteiger partial charge in [-0.3, -0.25) is 4.72 Å². The number of nitrogens with two attached hydrogens (primary N) is 1. The maximum Gasteiger partial charge on any atom is 0.296 e. The van der Waals surface area contributed by atoms with E-state index in [-0.39, 0.29) is 23.1 Å². The highest BCUT2D eigenvalue weighted by Gasteiger charge is 2.12. The molecule has 0 spiro atoms. The van der Waals surface area contributed by atoms with Crippen LogP contribution in [-0.4, -0.2) is 25.5 Å². The predicted molar refractivity (Wildman–Crippen MR) is 105 cm³/mol. The number of nitrogens with zero attached hydrogens (tertiary/aromatic N) is 2. The molecule has 0 bridgehead atoms. The van der Waals surface area contributed by atoms with Gasteiger partial charge in [-0.1, -0.05) is 12.1 Å². The number of anilines is 5. The van der Waals surface area contributed by atoms with Crippen LogP contribution in [-0.2, 0) is 10.2 Å². The Labute approximate surface area is 161 Å². The van der Waals surface area contributed by atoms with Crippen LogP contribution < -0.4 is 25.2 Å². The van der Waals surface area contributed by atoms with Gasteiger partial charge in [-0.2, -0.15) is 13.4 Å². The maximum atomic E-state index is 14.2. The molecule has 0 atom stereocenters. The van der Waals surface area contributed by atoms with E-state index < -0.39 is 16.0 Å². The SMILES string of the molecule is COc1ccc(Nc2ncc(F)c(Nc3ccccc3NS(N)(=O)=O)n2)cc1. The molecule has 146 valence electrons. The molecule has 1 heterocycles. The Morgan fingerprint density at radius 1 is 1.04 bits per heavy atom. The van der Waals surface area contributed by atoms with Crippen molar-refractivity contribution in [2.24, 2.45) is 5.14 Å². The number of para-hydroxylation sites is 2. The Balaban J connectivity index is 1.84. The number of benzene rings is 2. The number of hydrogen-bond donors (Lipinski definition) is 4. The van der Waals surface area contributed by atoms with Crippen LogP contribution in [0.2, 0.25) is 0 Å². The summed E-state index contributed by atoms with van der Waals surface area (Å²) in [5.41, 5.74) is 1.09. The lowest BCUT2D eigenvalue weighted by Crippen LogP contribution is -2.22. The van der Waals surface area contributed by atoms with Gasteiger partial charge in [0.25, 0.3) is 10.2 Å². The van der Waals surface area contributed by atoms with Crippen LogP contribution in [0.3, 0.4) is 0 Å². The standard InChI is InChI=1S/C17H17FN6O3S/c1-27-12-8-6-11(7-9-12)21-17-20-10-13(18)16(23-17)22-14-4-2-3-5-15(14)24-28(19,25)26/h2-10,24H,1H3,(H2,19,25,26)(H2,20,21,22,23). The highest BCUT2D eigenvalue weighted by atomic mass is 32.2. The van der Waals surface area contributed by atoms with Crippen LogP contribution in [0.4, 0.5) is 33.2 Å². The first kappa shape index (κ1) is 19.3. The number of hydrogen-bond acceptors (Lipinski definition) is 7. The largest absolute Gasteiger partial charge is 0.497 e. The average molecular weight is 404 g/mol. The summed E-state index contributed by atoms with van der Waals surface area (Å²) in [5.74, 6) is -0.0294. The summed E-state index contributed by atoms with van der Waals surface area (Å²) in [6.45, 7) is 0. The van der Waals surface area contributed by atoms with E-state index in [2.05, 4.69) is 25.3 Å². The van der Waals surface area contributed by atoms with Crippen LogP contribution in [0.15, 0.2) is 54.7 Å². The van der Waals surface area contributed by atoms with Gasteiger partial charge in [-0.25, -0.2) is 14.5 Å². The fraction of sp³-hybridized carbons (Fsp3) is 0.0588. The van der Waals surface area contributed by atoms with Crippen molar-refractivity contribution in [3.05, 3.63) is 60.5 Å². The minimum absolute atomic E-state index is 0.144. The fourth-order valence-corrected chi connectivity index (χ4v) is 2.76. The molecule has 0 aliphatic rings. The van der Waals surface area contributed by atoms with E-state index in [1.807, 2.05) is 0 Å². The summed E-state index contributed by atoms with van der Waals surface area (Å²) >= 11 is 0. The second kappa shape index (κ2) is 8.06. The molecule has 5 N–H and O–H groups in total. The first-order chi connectivity index (χ1) is 13.3. The van der Waals surface area contributed by atoms with Gasteiger partial charge >= 0.3 is 0 Å². The third kappa shape index (κ3) is 5.05. The normalized spacial score (nSPS) is 11.0. The summed E-state index contributed by atoms with van der Waals surface area (Å²) < 4.78 is 44.0.